The van der Waals surface area contributed by atoms with Gasteiger partial charge < -0.3 is 19.9 Å². The Labute approximate surface area is 139 Å². The molecule has 5 nitrogen and oxygen atoms in total. The Kier molecular flexibility index (Phi) is 8.75. The van der Waals surface area contributed by atoms with E-state index in [0.29, 0.717) is 6.54 Å². The Morgan fingerprint density at radius 2 is 2.09 bits per heavy atom. The van der Waals surface area contributed by atoms with Crippen LogP contribution in [0.25, 0.3) is 0 Å². The summed E-state index contributed by atoms with van der Waals surface area (Å²) in [5.74, 6) is 0.931. The zero-order valence-corrected chi connectivity index (χ0v) is 14.2. The molecule has 1 saturated heterocycles. The van der Waals surface area contributed by atoms with Crippen LogP contribution in [0.5, 0.6) is 5.75 Å². The third-order valence-electron chi connectivity index (χ3n) is 3.61. The fourth-order valence-electron chi connectivity index (χ4n) is 2.49. The normalized spacial score (nSPS) is 16.9. The maximum Gasteiger partial charge on any atom is 0.123 e. The molecule has 6 heteroatoms. The first-order chi connectivity index (χ1) is 10.2. The van der Waals surface area contributed by atoms with Crippen molar-refractivity contribution >= 4 is 12.4 Å². The number of nitrogens with zero attached hydrogens (tertiary/aromatic N) is 1. The second-order valence-electron chi connectivity index (χ2n) is 5.51. The summed E-state index contributed by atoms with van der Waals surface area (Å²) in [6.45, 7) is 7.56. The molecule has 1 aliphatic rings. The molecule has 0 bridgehead atoms. The van der Waals surface area contributed by atoms with Crippen molar-refractivity contribution in [3.05, 3.63) is 29.3 Å². The van der Waals surface area contributed by atoms with Gasteiger partial charge in [0.05, 0.1) is 26.4 Å². The predicted octanol–water partition coefficient (Wildman–Crippen LogP) is 1.42. The number of benzene rings is 1. The zero-order chi connectivity index (χ0) is 15.1. The third-order valence-corrected chi connectivity index (χ3v) is 3.61. The zero-order valence-electron chi connectivity index (χ0n) is 13.4. The maximum absolute atomic E-state index is 9.28. The van der Waals surface area contributed by atoms with E-state index in [1.54, 1.807) is 14.0 Å². The van der Waals surface area contributed by atoms with Crippen molar-refractivity contribution in [2.45, 2.75) is 26.1 Å². The molecule has 0 spiro atoms. The van der Waals surface area contributed by atoms with Gasteiger partial charge in [-0.2, -0.15) is 0 Å². The summed E-state index contributed by atoms with van der Waals surface area (Å²) < 4.78 is 10.9. The van der Waals surface area contributed by atoms with Gasteiger partial charge in [-0.1, -0.05) is 6.07 Å². The minimum atomic E-state index is -0.323. The second kappa shape index (κ2) is 10.0. The van der Waals surface area contributed by atoms with Crippen molar-refractivity contribution < 1.29 is 14.6 Å². The molecule has 0 aliphatic carbocycles. The number of ether oxygens (including phenoxy) is 2. The molecule has 0 amide bonds. The van der Waals surface area contributed by atoms with Crippen molar-refractivity contribution in [2.24, 2.45) is 0 Å². The van der Waals surface area contributed by atoms with Crippen molar-refractivity contribution in [1.29, 1.82) is 0 Å². The smallest absolute Gasteiger partial charge is 0.123 e. The molecule has 1 heterocycles. The Hall–Kier alpha value is -0.850. The molecule has 22 heavy (non-hydrogen) atoms. The van der Waals surface area contributed by atoms with E-state index in [0.717, 1.165) is 45.1 Å². The molecular formula is C16H27ClN2O3. The first-order valence-electron chi connectivity index (χ1n) is 7.53. The highest BCUT2D eigenvalue weighted by atomic mass is 35.5. The number of hydrogen-bond donors (Lipinski definition) is 2. The van der Waals surface area contributed by atoms with E-state index in [-0.39, 0.29) is 18.5 Å². The van der Waals surface area contributed by atoms with Gasteiger partial charge in [0.25, 0.3) is 0 Å². The van der Waals surface area contributed by atoms with Gasteiger partial charge in [-0.15, -0.1) is 12.4 Å². The van der Waals surface area contributed by atoms with E-state index < -0.39 is 0 Å². The summed E-state index contributed by atoms with van der Waals surface area (Å²) in [5, 5.41) is 12.5. The van der Waals surface area contributed by atoms with Crippen LogP contribution >= 0.6 is 12.4 Å². The molecule has 1 fully saturated rings. The average Bonchev–Trinajstić information content (AvgIpc) is 2.48. The Balaban J connectivity index is 0.00000242. The first-order valence-corrected chi connectivity index (χ1v) is 7.53. The van der Waals surface area contributed by atoms with Crippen molar-refractivity contribution in [2.75, 3.05) is 40.0 Å². The van der Waals surface area contributed by atoms with Crippen LogP contribution in [-0.2, 0) is 17.8 Å². The predicted molar refractivity (Wildman–Crippen MR) is 89.7 cm³/mol. The lowest BCUT2D eigenvalue weighted by Crippen LogP contribution is -2.35. The molecular weight excluding hydrogens is 304 g/mol. The lowest BCUT2D eigenvalue weighted by Gasteiger charge is -2.27. The lowest BCUT2D eigenvalue weighted by molar-refractivity contribution is 0.0339. The quantitative estimate of drug-likeness (QED) is 0.792. The molecule has 1 aromatic carbocycles. The number of aliphatic hydroxyl groups is 1. The Morgan fingerprint density at radius 3 is 2.73 bits per heavy atom. The third kappa shape index (κ3) is 6.10. The van der Waals surface area contributed by atoms with Crippen LogP contribution in [-0.4, -0.2) is 56.1 Å². The number of rotatable bonds is 7. The number of nitrogens with one attached hydrogen (secondary N) is 1. The maximum atomic E-state index is 9.28. The monoisotopic (exact) mass is 330 g/mol. The molecule has 126 valence electrons. The molecule has 1 unspecified atom stereocenters. The minimum absolute atomic E-state index is 0. The van der Waals surface area contributed by atoms with Crippen LogP contribution < -0.4 is 10.1 Å². The van der Waals surface area contributed by atoms with Gasteiger partial charge in [0.15, 0.2) is 0 Å². The van der Waals surface area contributed by atoms with E-state index in [2.05, 4.69) is 22.3 Å². The molecule has 2 N–H and O–H groups in total. The average molecular weight is 331 g/mol. The number of hydrogen-bond acceptors (Lipinski definition) is 5. The molecule has 1 aliphatic heterocycles. The lowest BCUT2D eigenvalue weighted by atomic mass is 10.1. The largest absolute Gasteiger partial charge is 0.496 e. The van der Waals surface area contributed by atoms with Gasteiger partial charge in [0.2, 0.25) is 0 Å². The number of morpholine rings is 1. The highest BCUT2D eigenvalue weighted by molar-refractivity contribution is 5.85. The number of halogens is 1. The fraction of sp³-hybridized carbons (Fsp3) is 0.625. The van der Waals surface area contributed by atoms with Crippen LogP contribution in [0.4, 0.5) is 0 Å². The topological polar surface area (TPSA) is 54.0 Å². The van der Waals surface area contributed by atoms with Gasteiger partial charge >= 0.3 is 0 Å². The van der Waals surface area contributed by atoms with Crippen LogP contribution in [0.15, 0.2) is 18.2 Å². The first kappa shape index (κ1) is 19.2. The van der Waals surface area contributed by atoms with Gasteiger partial charge in [-0.05, 0) is 24.6 Å². The standard InChI is InChI=1S/C16H26N2O3.ClH/c1-13(19)10-17-11-14-3-4-16(20-2)15(9-14)12-18-5-7-21-8-6-18;/h3-4,9,13,17,19H,5-8,10-12H2,1-2H3;1H. The van der Waals surface area contributed by atoms with E-state index >= 15 is 0 Å². The summed E-state index contributed by atoms with van der Waals surface area (Å²) in [6.07, 6.45) is -0.323. The van der Waals surface area contributed by atoms with E-state index in [1.807, 2.05) is 6.07 Å². The molecule has 2 rings (SSSR count). The summed E-state index contributed by atoms with van der Waals surface area (Å²) >= 11 is 0. The van der Waals surface area contributed by atoms with Gasteiger partial charge in [-0.3, -0.25) is 4.90 Å². The molecule has 0 aromatic heterocycles. The van der Waals surface area contributed by atoms with E-state index in [4.69, 9.17) is 9.47 Å². The highest BCUT2D eigenvalue weighted by Crippen LogP contribution is 2.22. The fourth-order valence-corrected chi connectivity index (χ4v) is 2.49. The van der Waals surface area contributed by atoms with Crippen LogP contribution in [0.3, 0.4) is 0 Å². The molecule has 0 saturated carbocycles. The molecule has 0 radical (unpaired) electrons. The van der Waals surface area contributed by atoms with Crippen molar-refractivity contribution in [1.82, 2.24) is 10.2 Å². The molecule has 1 atom stereocenters. The highest BCUT2D eigenvalue weighted by Gasteiger charge is 2.13. The van der Waals surface area contributed by atoms with Crippen LogP contribution in [0.1, 0.15) is 18.1 Å². The Bertz CT molecular complexity index is 437. The number of methoxy groups -OCH3 is 1. The second-order valence-corrected chi connectivity index (χ2v) is 5.51. The summed E-state index contributed by atoms with van der Waals surface area (Å²) in [6, 6.07) is 6.27. The van der Waals surface area contributed by atoms with Crippen LogP contribution in [0.2, 0.25) is 0 Å². The summed E-state index contributed by atoms with van der Waals surface area (Å²) in [7, 11) is 1.71. The summed E-state index contributed by atoms with van der Waals surface area (Å²) in [5.41, 5.74) is 2.41. The van der Waals surface area contributed by atoms with E-state index in [1.165, 1.54) is 11.1 Å². The van der Waals surface area contributed by atoms with Crippen molar-refractivity contribution in [3.8, 4) is 5.75 Å². The SMILES string of the molecule is COc1ccc(CNCC(C)O)cc1CN1CCOCC1.Cl. The van der Waals surface area contributed by atoms with Gasteiger partial charge in [-0.25, -0.2) is 0 Å². The van der Waals surface area contributed by atoms with Crippen LogP contribution in [0, 0.1) is 0 Å². The van der Waals surface area contributed by atoms with E-state index in [9.17, 15) is 5.11 Å². The molecule has 1 aromatic rings. The summed E-state index contributed by atoms with van der Waals surface area (Å²) in [4.78, 5) is 2.38. The van der Waals surface area contributed by atoms with Gasteiger partial charge in [0.1, 0.15) is 5.75 Å². The Morgan fingerprint density at radius 1 is 1.36 bits per heavy atom. The van der Waals surface area contributed by atoms with Crippen molar-refractivity contribution in [3.63, 3.8) is 0 Å². The van der Waals surface area contributed by atoms with Gasteiger partial charge in [0, 0.05) is 38.3 Å². The number of aliphatic hydroxyl groups excluding tert-OH is 1. The minimum Gasteiger partial charge on any atom is -0.496 e.